The van der Waals surface area contributed by atoms with E-state index in [0.717, 1.165) is 38.1 Å². The number of aliphatic hydroxyl groups excluding tert-OH is 1. The van der Waals surface area contributed by atoms with Gasteiger partial charge in [0.15, 0.2) is 0 Å². The summed E-state index contributed by atoms with van der Waals surface area (Å²) >= 11 is 0. The van der Waals surface area contributed by atoms with Gasteiger partial charge < -0.3 is 15.4 Å². The molecule has 0 bridgehead atoms. The highest BCUT2D eigenvalue weighted by molar-refractivity contribution is 5.82. The minimum absolute atomic E-state index is 0.351. The quantitative estimate of drug-likeness (QED) is 0.649. The Hall–Kier alpha value is -2.14. The van der Waals surface area contributed by atoms with Crippen LogP contribution < -0.4 is 5.32 Å². The van der Waals surface area contributed by atoms with Crippen LogP contribution >= 0.6 is 0 Å². The van der Waals surface area contributed by atoms with E-state index >= 15 is 0 Å². The molecule has 3 N–H and O–H groups in total. The molecule has 4 nitrogen and oxygen atoms in total. The highest BCUT2D eigenvalue weighted by Gasteiger charge is 2.18. The number of aromatic amines is 1. The van der Waals surface area contributed by atoms with Gasteiger partial charge in [0.25, 0.3) is 0 Å². The number of aromatic nitrogens is 1. The number of aliphatic hydroxyl groups is 1. The lowest BCUT2D eigenvalue weighted by atomic mass is 10.00. The van der Waals surface area contributed by atoms with Gasteiger partial charge >= 0.3 is 0 Å². The first-order valence-corrected chi connectivity index (χ1v) is 9.02. The second kappa shape index (κ2) is 7.40. The van der Waals surface area contributed by atoms with Gasteiger partial charge in [-0.05, 0) is 35.2 Å². The first kappa shape index (κ1) is 16.3. The fraction of sp³-hybridized carbons (Fsp3) is 0.333. The minimum Gasteiger partial charge on any atom is -0.390 e. The topological polar surface area (TPSA) is 51.3 Å². The van der Waals surface area contributed by atoms with Gasteiger partial charge in [-0.15, -0.1) is 0 Å². The third-order valence-electron chi connectivity index (χ3n) is 5.06. The lowest BCUT2D eigenvalue weighted by Crippen LogP contribution is -2.40. The first-order chi connectivity index (χ1) is 12.3. The van der Waals surface area contributed by atoms with Crippen LogP contribution in [0.25, 0.3) is 10.9 Å². The Kier molecular flexibility index (Phi) is 4.83. The summed E-state index contributed by atoms with van der Waals surface area (Å²) in [7, 11) is 0. The highest BCUT2D eigenvalue weighted by atomic mass is 16.3. The fourth-order valence-electron chi connectivity index (χ4n) is 3.75. The molecule has 130 valence electrons. The van der Waals surface area contributed by atoms with E-state index in [2.05, 4.69) is 63.7 Å². The standard InChI is InChI=1S/C21H25N3O/c25-19(15-24-11-9-16-4-1-2-5-18(16)14-24)13-22-12-17-6-3-7-21-20(17)8-10-23-21/h1-8,10,19,22-23,25H,9,11-15H2/t19-/m0/s1. The van der Waals surface area contributed by atoms with Crippen molar-refractivity contribution in [2.45, 2.75) is 25.6 Å². The Morgan fingerprint density at radius 3 is 2.88 bits per heavy atom. The van der Waals surface area contributed by atoms with Gasteiger partial charge in [0.2, 0.25) is 0 Å². The maximum absolute atomic E-state index is 10.4. The summed E-state index contributed by atoms with van der Waals surface area (Å²) in [5.41, 5.74) is 5.27. The molecule has 0 aliphatic carbocycles. The van der Waals surface area contributed by atoms with Crippen LogP contribution in [0.1, 0.15) is 16.7 Å². The van der Waals surface area contributed by atoms with Gasteiger partial charge in [0.1, 0.15) is 0 Å². The van der Waals surface area contributed by atoms with Gasteiger partial charge in [-0.1, -0.05) is 36.4 Å². The van der Waals surface area contributed by atoms with Gasteiger partial charge in [-0.2, -0.15) is 0 Å². The summed E-state index contributed by atoms with van der Waals surface area (Å²) < 4.78 is 0. The van der Waals surface area contributed by atoms with E-state index in [9.17, 15) is 5.11 Å². The summed E-state index contributed by atoms with van der Waals surface area (Å²) in [5, 5.41) is 15.0. The van der Waals surface area contributed by atoms with Crippen LogP contribution in [0.3, 0.4) is 0 Å². The molecule has 0 spiro atoms. The lowest BCUT2D eigenvalue weighted by Gasteiger charge is -2.30. The summed E-state index contributed by atoms with van der Waals surface area (Å²) in [4.78, 5) is 5.59. The zero-order valence-electron chi connectivity index (χ0n) is 14.4. The number of hydrogen-bond acceptors (Lipinski definition) is 3. The molecule has 1 atom stereocenters. The predicted octanol–water partition coefficient (Wildman–Crippen LogP) is 2.68. The van der Waals surface area contributed by atoms with Crippen molar-refractivity contribution in [3.63, 3.8) is 0 Å². The number of H-pyrrole nitrogens is 1. The SMILES string of the molecule is O[C@@H](CNCc1cccc2[nH]ccc12)CN1CCc2ccccc2C1. The van der Waals surface area contributed by atoms with Crippen LogP contribution in [-0.4, -0.2) is 40.7 Å². The second-order valence-electron chi connectivity index (χ2n) is 6.89. The summed E-state index contributed by atoms with van der Waals surface area (Å²) in [6.45, 7) is 4.07. The zero-order valence-corrected chi connectivity index (χ0v) is 14.4. The zero-order chi connectivity index (χ0) is 17.1. The number of nitrogens with zero attached hydrogens (tertiary/aromatic N) is 1. The monoisotopic (exact) mass is 335 g/mol. The molecule has 4 rings (SSSR count). The second-order valence-corrected chi connectivity index (χ2v) is 6.89. The molecule has 0 fully saturated rings. The molecule has 1 aliphatic heterocycles. The van der Waals surface area contributed by atoms with Crippen LogP contribution in [0.5, 0.6) is 0 Å². The number of fused-ring (bicyclic) bond motifs is 2. The number of rotatable bonds is 6. The van der Waals surface area contributed by atoms with Crippen LogP contribution in [0.15, 0.2) is 54.7 Å². The first-order valence-electron chi connectivity index (χ1n) is 9.02. The van der Waals surface area contributed by atoms with Gasteiger partial charge in [-0.3, -0.25) is 4.90 Å². The molecule has 4 heteroatoms. The molecule has 1 aromatic heterocycles. The van der Waals surface area contributed by atoms with E-state index < -0.39 is 0 Å². The minimum atomic E-state index is -0.351. The molecular formula is C21H25N3O. The Bertz CT molecular complexity index is 842. The van der Waals surface area contributed by atoms with E-state index in [1.54, 1.807) is 0 Å². The van der Waals surface area contributed by atoms with E-state index in [1.807, 2.05) is 6.20 Å². The van der Waals surface area contributed by atoms with Crippen molar-refractivity contribution in [2.75, 3.05) is 19.6 Å². The van der Waals surface area contributed by atoms with Crippen LogP contribution in [0.2, 0.25) is 0 Å². The van der Waals surface area contributed by atoms with Crippen molar-refractivity contribution in [2.24, 2.45) is 0 Å². The van der Waals surface area contributed by atoms with E-state index in [0.29, 0.717) is 6.54 Å². The molecule has 0 amide bonds. The predicted molar refractivity (Wildman–Crippen MR) is 101 cm³/mol. The highest BCUT2D eigenvalue weighted by Crippen LogP contribution is 2.19. The third-order valence-corrected chi connectivity index (χ3v) is 5.06. The molecule has 1 aliphatic rings. The summed E-state index contributed by atoms with van der Waals surface area (Å²) in [6, 6.07) is 17.0. The van der Waals surface area contributed by atoms with Crippen molar-refractivity contribution in [3.05, 3.63) is 71.4 Å². The van der Waals surface area contributed by atoms with Crippen LogP contribution in [-0.2, 0) is 19.5 Å². The molecule has 2 heterocycles. The van der Waals surface area contributed by atoms with E-state index in [4.69, 9.17) is 0 Å². The molecule has 0 saturated carbocycles. The average molecular weight is 335 g/mol. The fourth-order valence-corrected chi connectivity index (χ4v) is 3.75. The molecule has 0 radical (unpaired) electrons. The molecule has 0 saturated heterocycles. The van der Waals surface area contributed by atoms with Crippen molar-refractivity contribution < 1.29 is 5.11 Å². The van der Waals surface area contributed by atoms with Crippen LogP contribution in [0.4, 0.5) is 0 Å². The number of hydrogen-bond donors (Lipinski definition) is 3. The molecule has 0 unspecified atom stereocenters. The molecule has 3 aromatic rings. The third kappa shape index (κ3) is 3.76. The normalized spacial score (nSPS) is 16.0. The van der Waals surface area contributed by atoms with Gasteiger partial charge in [0.05, 0.1) is 6.10 Å². The van der Waals surface area contributed by atoms with E-state index in [1.165, 1.54) is 22.1 Å². The van der Waals surface area contributed by atoms with Crippen molar-refractivity contribution >= 4 is 10.9 Å². The number of benzene rings is 2. The number of β-amino-alcohol motifs (C(OH)–C–C–N with tert-alkyl or cyclic N) is 1. The number of nitrogens with one attached hydrogen (secondary N) is 2. The van der Waals surface area contributed by atoms with Crippen molar-refractivity contribution in [1.82, 2.24) is 15.2 Å². The molecular weight excluding hydrogens is 310 g/mol. The summed E-state index contributed by atoms with van der Waals surface area (Å²) in [6.07, 6.45) is 2.69. The maximum Gasteiger partial charge on any atom is 0.0791 e. The Morgan fingerprint density at radius 1 is 1.08 bits per heavy atom. The van der Waals surface area contributed by atoms with Crippen molar-refractivity contribution in [3.8, 4) is 0 Å². The van der Waals surface area contributed by atoms with Gasteiger partial charge in [-0.25, -0.2) is 0 Å². The average Bonchev–Trinajstić information content (AvgIpc) is 3.11. The van der Waals surface area contributed by atoms with Crippen molar-refractivity contribution in [1.29, 1.82) is 0 Å². The summed E-state index contributed by atoms with van der Waals surface area (Å²) in [5.74, 6) is 0. The molecule has 25 heavy (non-hydrogen) atoms. The maximum atomic E-state index is 10.4. The smallest absolute Gasteiger partial charge is 0.0791 e. The Balaban J connectivity index is 1.27. The largest absolute Gasteiger partial charge is 0.390 e. The lowest BCUT2D eigenvalue weighted by molar-refractivity contribution is 0.104. The van der Waals surface area contributed by atoms with Crippen LogP contribution in [0, 0.1) is 0 Å². The Labute approximate surface area is 148 Å². The molecule has 2 aromatic carbocycles. The van der Waals surface area contributed by atoms with Gasteiger partial charge in [0, 0.05) is 49.8 Å². The van der Waals surface area contributed by atoms with E-state index in [-0.39, 0.29) is 6.10 Å². The Morgan fingerprint density at radius 2 is 1.96 bits per heavy atom.